The number of rotatable bonds is 15. The molecule has 0 radical (unpaired) electrons. The first kappa shape index (κ1) is 25.6. The Hall–Kier alpha value is -1.41. The summed E-state index contributed by atoms with van der Waals surface area (Å²) in [5, 5.41) is 5.63. The Bertz CT molecular complexity index is 484. The van der Waals surface area contributed by atoms with Crippen molar-refractivity contribution < 1.29 is 33.2 Å². The zero-order chi connectivity index (χ0) is 21.4. The molecule has 1 aliphatic rings. The van der Waals surface area contributed by atoms with Gasteiger partial charge in [0.1, 0.15) is 12.1 Å². The Morgan fingerprint density at radius 3 is 2.17 bits per heavy atom. The lowest BCUT2D eigenvalue weighted by Crippen LogP contribution is -2.65. The van der Waals surface area contributed by atoms with E-state index in [0.717, 1.165) is 13.0 Å². The fraction of sp³-hybridized carbons (Fsp3) is 0.850. The Kier molecular flexibility index (Phi) is 12.9. The molecular weight excluding hydrogens is 380 g/mol. The summed E-state index contributed by atoms with van der Waals surface area (Å²) in [5.41, 5.74) is -0.801. The van der Waals surface area contributed by atoms with Crippen LogP contribution in [-0.2, 0) is 28.4 Å². The molecule has 0 aliphatic carbocycles. The van der Waals surface area contributed by atoms with E-state index in [1.807, 2.05) is 13.8 Å². The van der Waals surface area contributed by atoms with Crippen LogP contribution in [-0.4, -0.2) is 90.0 Å². The van der Waals surface area contributed by atoms with Crippen molar-refractivity contribution >= 4 is 6.03 Å². The molecule has 2 N–H and O–H groups in total. The number of carbonyl (C=O) groups is 1. The number of terminal acetylenes is 1. The lowest BCUT2D eigenvalue weighted by atomic mass is 10.0. The van der Waals surface area contributed by atoms with E-state index in [0.29, 0.717) is 39.6 Å². The number of urea groups is 1. The number of ether oxygens (including phenoxy) is 6. The molecule has 0 bridgehead atoms. The molecule has 0 aromatic rings. The van der Waals surface area contributed by atoms with E-state index in [2.05, 4.69) is 23.5 Å². The van der Waals surface area contributed by atoms with Gasteiger partial charge in [0, 0.05) is 13.2 Å². The van der Waals surface area contributed by atoms with Crippen molar-refractivity contribution in [1.29, 1.82) is 0 Å². The maximum Gasteiger partial charge on any atom is 0.315 e. The summed E-state index contributed by atoms with van der Waals surface area (Å²) < 4.78 is 32.9. The zero-order valence-corrected chi connectivity index (χ0v) is 17.9. The van der Waals surface area contributed by atoms with Gasteiger partial charge in [0.05, 0.1) is 52.9 Å². The molecule has 0 spiro atoms. The van der Waals surface area contributed by atoms with E-state index < -0.39 is 11.3 Å². The van der Waals surface area contributed by atoms with E-state index >= 15 is 0 Å². The molecule has 168 valence electrons. The summed E-state index contributed by atoms with van der Waals surface area (Å²) in [7, 11) is 0. The third-order valence-corrected chi connectivity index (χ3v) is 3.96. The van der Waals surface area contributed by atoms with Gasteiger partial charge in [-0.1, -0.05) is 12.8 Å². The van der Waals surface area contributed by atoms with Crippen LogP contribution in [0.25, 0.3) is 0 Å². The number of hydrogen-bond acceptors (Lipinski definition) is 7. The SMILES string of the molecule is C#CCOCC1(NC(=O)NCCOCCOCCOCCC)COC(C)(C)OC1. The number of nitrogens with one attached hydrogen (secondary N) is 2. The minimum atomic E-state index is -0.801. The van der Waals surface area contributed by atoms with E-state index in [9.17, 15) is 4.79 Å². The second-order valence-corrected chi connectivity index (χ2v) is 7.17. The first-order valence-electron chi connectivity index (χ1n) is 10.0. The highest BCUT2D eigenvalue weighted by molar-refractivity contribution is 5.74. The summed E-state index contributed by atoms with van der Waals surface area (Å²) in [6, 6.07) is -0.353. The third kappa shape index (κ3) is 12.0. The lowest BCUT2D eigenvalue weighted by Gasteiger charge is -2.43. The normalized spacial score (nSPS) is 17.4. The number of amides is 2. The average Bonchev–Trinajstić information content (AvgIpc) is 2.69. The topological polar surface area (TPSA) is 96.5 Å². The van der Waals surface area contributed by atoms with Gasteiger partial charge in [-0.05, 0) is 20.3 Å². The molecule has 1 aliphatic heterocycles. The van der Waals surface area contributed by atoms with E-state index in [-0.39, 0.29) is 32.5 Å². The highest BCUT2D eigenvalue weighted by Crippen LogP contribution is 2.23. The fourth-order valence-electron chi connectivity index (χ4n) is 2.41. The molecule has 0 unspecified atom stereocenters. The van der Waals surface area contributed by atoms with Gasteiger partial charge in [-0.3, -0.25) is 0 Å². The van der Waals surface area contributed by atoms with E-state index in [1.165, 1.54) is 0 Å². The quantitative estimate of drug-likeness (QED) is 0.303. The van der Waals surface area contributed by atoms with Gasteiger partial charge in [-0.25, -0.2) is 4.79 Å². The molecule has 9 heteroatoms. The van der Waals surface area contributed by atoms with Crippen molar-refractivity contribution in [2.75, 3.05) is 72.6 Å². The van der Waals surface area contributed by atoms with Crippen LogP contribution in [0.5, 0.6) is 0 Å². The predicted octanol–water partition coefficient (Wildman–Crippen LogP) is 0.917. The molecule has 0 aromatic carbocycles. The van der Waals surface area contributed by atoms with E-state index in [1.54, 1.807) is 0 Å². The predicted molar refractivity (Wildman–Crippen MR) is 108 cm³/mol. The van der Waals surface area contributed by atoms with Crippen molar-refractivity contribution in [2.24, 2.45) is 0 Å². The third-order valence-electron chi connectivity index (χ3n) is 3.96. The average molecular weight is 417 g/mol. The minimum absolute atomic E-state index is 0.148. The Morgan fingerprint density at radius 1 is 1.00 bits per heavy atom. The van der Waals surface area contributed by atoms with Crippen LogP contribution in [0.2, 0.25) is 0 Å². The molecule has 1 rings (SSSR count). The van der Waals surface area contributed by atoms with Crippen molar-refractivity contribution in [3.63, 3.8) is 0 Å². The molecule has 1 heterocycles. The Morgan fingerprint density at radius 2 is 1.59 bits per heavy atom. The second kappa shape index (κ2) is 14.6. The monoisotopic (exact) mass is 416 g/mol. The summed E-state index contributed by atoms with van der Waals surface area (Å²) >= 11 is 0. The fourth-order valence-corrected chi connectivity index (χ4v) is 2.41. The largest absolute Gasteiger partial charge is 0.379 e. The van der Waals surface area contributed by atoms with Crippen molar-refractivity contribution in [3.8, 4) is 12.3 Å². The van der Waals surface area contributed by atoms with Gasteiger partial charge in [0.25, 0.3) is 0 Å². The molecule has 2 amide bonds. The summed E-state index contributed by atoms with van der Waals surface area (Å²) in [6.07, 6.45) is 6.22. The van der Waals surface area contributed by atoms with Crippen LogP contribution in [0.1, 0.15) is 27.2 Å². The van der Waals surface area contributed by atoms with Crippen LogP contribution >= 0.6 is 0 Å². The molecule has 0 aromatic heterocycles. The minimum Gasteiger partial charge on any atom is -0.379 e. The highest BCUT2D eigenvalue weighted by atomic mass is 16.7. The van der Waals surface area contributed by atoms with Crippen LogP contribution in [0, 0.1) is 12.3 Å². The number of carbonyl (C=O) groups excluding carboxylic acids is 1. The van der Waals surface area contributed by atoms with Crippen LogP contribution in [0.15, 0.2) is 0 Å². The van der Waals surface area contributed by atoms with Crippen molar-refractivity contribution in [2.45, 2.75) is 38.5 Å². The molecule has 0 saturated carbocycles. The van der Waals surface area contributed by atoms with Crippen LogP contribution < -0.4 is 10.6 Å². The maximum absolute atomic E-state index is 12.2. The van der Waals surface area contributed by atoms with Crippen molar-refractivity contribution in [1.82, 2.24) is 10.6 Å². The van der Waals surface area contributed by atoms with Gasteiger partial charge in [0.2, 0.25) is 0 Å². The number of hydrogen-bond donors (Lipinski definition) is 2. The maximum atomic E-state index is 12.2. The van der Waals surface area contributed by atoms with Gasteiger partial charge < -0.3 is 39.1 Å². The standard InChI is InChI=1S/C20H36N2O7/c1-5-8-24-11-13-26-14-12-25-10-7-21-18(23)22-20(15-27-9-6-2)16-28-19(3,4)29-17-20/h2H,5,7-17H2,1,3-4H3,(H2,21,22,23). The smallest absolute Gasteiger partial charge is 0.315 e. The molecule has 1 saturated heterocycles. The zero-order valence-electron chi connectivity index (χ0n) is 17.9. The van der Waals surface area contributed by atoms with Gasteiger partial charge in [-0.15, -0.1) is 6.42 Å². The van der Waals surface area contributed by atoms with Gasteiger partial charge in [-0.2, -0.15) is 0 Å². The molecule has 1 fully saturated rings. The first-order valence-corrected chi connectivity index (χ1v) is 10.0. The first-order chi connectivity index (χ1) is 13.9. The van der Waals surface area contributed by atoms with Crippen LogP contribution in [0.3, 0.4) is 0 Å². The van der Waals surface area contributed by atoms with Crippen molar-refractivity contribution in [3.05, 3.63) is 0 Å². The Balaban J connectivity index is 2.17. The summed E-state index contributed by atoms with van der Waals surface area (Å²) in [4.78, 5) is 12.2. The Labute approximate surface area is 174 Å². The molecule has 0 atom stereocenters. The van der Waals surface area contributed by atoms with Gasteiger partial charge >= 0.3 is 6.03 Å². The summed E-state index contributed by atoms with van der Waals surface area (Å²) in [5.74, 6) is 1.70. The molecule has 29 heavy (non-hydrogen) atoms. The lowest BCUT2D eigenvalue weighted by molar-refractivity contribution is -0.274. The molecule has 9 nitrogen and oxygen atoms in total. The second-order valence-electron chi connectivity index (χ2n) is 7.17. The van der Waals surface area contributed by atoms with E-state index in [4.69, 9.17) is 34.8 Å². The summed E-state index contributed by atoms with van der Waals surface area (Å²) in [6.45, 7) is 10.1. The van der Waals surface area contributed by atoms with Crippen LogP contribution in [0.4, 0.5) is 4.79 Å². The highest BCUT2D eigenvalue weighted by Gasteiger charge is 2.41. The van der Waals surface area contributed by atoms with Gasteiger partial charge in [0.15, 0.2) is 5.79 Å². The molecular formula is C20H36N2O7.